The first kappa shape index (κ1) is 18.6. The van der Waals surface area contributed by atoms with Crippen LogP contribution in [0.1, 0.15) is 11.1 Å². The molecule has 0 bridgehead atoms. The van der Waals surface area contributed by atoms with E-state index in [4.69, 9.17) is 8.92 Å². The van der Waals surface area contributed by atoms with E-state index < -0.39 is 16.2 Å². The van der Waals surface area contributed by atoms with Gasteiger partial charge < -0.3 is 9.64 Å². The third kappa shape index (κ3) is 4.49. The summed E-state index contributed by atoms with van der Waals surface area (Å²) in [4.78, 5) is 13.9. The maximum atomic E-state index is 12.4. The lowest BCUT2D eigenvalue weighted by molar-refractivity contribution is -0.150. The predicted molar refractivity (Wildman–Crippen MR) is 95.9 cm³/mol. The molecule has 0 radical (unpaired) electrons. The standard InChI is InChI=1S/C19H21NO5S/c1-15-7-9-18(10-8-15)26(22,23)25-13-17-12-24-14-19(21)20(17)11-16-5-3-2-4-6-16/h2-10,17H,11-14H2,1H3. The first-order valence-electron chi connectivity index (χ1n) is 8.33. The van der Waals surface area contributed by atoms with E-state index in [1.165, 1.54) is 12.1 Å². The topological polar surface area (TPSA) is 72.9 Å². The second-order valence-corrected chi connectivity index (χ2v) is 7.84. The summed E-state index contributed by atoms with van der Waals surface area (Å²) in [7, 11) is -3.88. The Kier molecular flexibility index (Phi) is 5.70. The van der Waals surface area contributed by atoms with Gasteiger partial charge in [-0.1, -0.05) is 48.0 Å². The number of amides is 1. The summed E-state index contributed by atoms with van der Waals surface area (Å²) in [5, 5.41) is 0. The van der Waals surface area contributed by atoms with Crippen LogP contribution < -0.4 is 0 Å². The Hall–Kier alpha value is -2.22. The molecule has 1 aliphatic heterocycles. The molecule has 0 N–H and O–H groups in total. The first-order chi connectivity index (χ1) is 12.5. The molecule has 26 heavy (non-hydrogen) atoms. The highest BCUT2D eigenvalue weighted by molar-refractivity contribution is 7.86. The molecule has 0 spiro atoms. The van der Waals surface area contributed by atoms with E-state index in [1.807, 2.05) is 37.3 Å². The molecular weight excluding hydrogens is 354 g/mol. The maximum Gasteiger partial charge on any atom is 0.297 e. The maximum absolute atomic E-state index is 12.4. The molecule has 1 unspecified atom stereocenters. The molecule has 3 rings (SSSR count). The SMILES string of the molecule is Cc1ccc(S(=O)(=O)OCC2COCC(=O)N2Cc2ccccc2)cc1. The second-order valence-electron chi connectivity index (χ2n) is 6.23. The molecular formula is C19H21NO5S. The van der Waals surface area contributed by atoms with Crippen molar-refractivity contribution in [1.82, 2.24) is 4.90 Å². The molecule has 6 nitrogen and oxygen atoms in total. The highest BCUT2D eigenvalue weighted by atomic mass is 32.2. The van der Waals surface area contributed by atoms with Crippen LogP contribution in [0, 0.1) is 6.92 Å². The number of benzene rings is 2. The van der Waals surface area contributed by atoms with Gasteiger partial charge in [-0.2, -0.15) is 8.42 Å². The zero-order valence-electron chi connectivity index (χ0n) is 14.5. The summed E-state index contributed by atoms with van der Waals surface area (Å²) in [6.07, 6.45) is 0. The number of ether oxygens (including phenoxy) is 1. The molecule has 138 valence electrons. The Balaban J connectivity index is 1.70. The summed E-state index contributed by atoms with van der Waals surface area (Å²) in [6, 6.07) is 15.5. The summed E-state index contributed by atoms with van der Waals surface area (Å²) < 4.78 is 35.2. The Labute approximate surface area is 153 Å². The monoisotopic (exact) mass is 375 g/mol. The molecule has 7 heteroatoms. The zero-order chi connectivity index (χ0) is 18.6. The van der Waals surface area contributed by atoms with Gasteiger partial charge in [0, 0.05) is 6.54 Å². The summed E-state index contributed by atoms with van der Waals surface area (Å²) in [5.41, 5.74) is 1.93. The van der Waals surface area contributed by atoms with Crippen molar-refractivity contribution < 1.29 is 22.1 Å². The van der Waals surface area contributed by atoms with Crippen molar-refractivity contribution in [3.8, 4) is 0 Å². The van der Waals surface area contributed by atoms with Gasteiger partial charge in [-0.3, -0.25) is 8.98 Å². The molecule has 1 aliphatic rings. The lowest BCUT2D eigenvalue weighted by atomic mass is 10.1. The molecule has 0 aliphatic carbocycles. The van der Waals surface area contributed by atoms with Crippen molar-refractivity contribution in [2.45, 2.75) is 24.4 Å². The fourth-order valence-corrected chi connectivity index (χ4v) is 3.68. The molecule has 2 aromatic carbocycles. The van der Waals surface area contributed by atoms with Crippen LogP contribution in [-0.4, -0.2) is 45.1 Å². The van der Waals surface area contributed by atoms with Gasteiger partial charge >= 0.3 is 0 Å². The first-order valence-corrected chi connectivity index (χ1v) is 9.74. The Morgan fingerprint density at radius 3 is 2.50 bits per heavy atom. The van der Waals surface area contributed by atoms with E-state index in [0.717, 1.165) is 11.1 Å². The number of nitrogens with zero attached hydrogens (tertiary/aromatic N) is 1. The quantitative estimate of drug-likeness (QED) is 0.723. The number of carbonyl (C=O) groups is 1. The normalized spacial score (nSPS) is 18.1. The number of rotatable bonds is 6. The van der Waals surface area contributed by atoms with E-state index in [2.05, 4.69) is 0 Å². The van der Waals surface area contributed by atoms with Crippen LogP contribution in [0.4, 0.5) is 0 Å². The summed E-state index contributed by atoms with van der Waals surface area (Å²) >= 11 is 0. The van der Waals surface area contributed by atoms with Crippen molar-refractivity contribution in [1.29, 1.82) is 0 Å². The fourth-order valence-electron chi connectivity index (χ4n) is 2.74. The minimum absolute atomic E-state index is 0.00591. The minimum atomic E-state index is -3.88. The van der Waals surface area contributed by atoms with Gasteiger partial charge in [0.2, 0.25) is 5.91 Å². The largest absolute Gasteiger partial charge is 0.369 e. The summed E-state index contributed by atoms with van der Waals surface area (Å²) in [5.74, 6) is -0.179. The lowest BCUT2D eigenvalue weighted by Crippen LogP contribution is -2.51. The predicted octanol–water partition coefficient (Wildman–Crippen LogP) is 2.13. The minimum Gasteiger partial charge on any atom is -0.369 e. The van der Waals surface area contributed by atoms with E-state index in [1.54, 1.807) is 17.0 Å². The van der Waals surface area contributed by atoms with Crippen molar-refractivity contribution in [2.24, 2.45) is 0 Å². The van der Waals surface area contributed by atoms with Gasteiger partial charge in [-0.05, 0) is 24.6 Å². The average molecular weight is 375 g/mol. The lowest BCUT2D eigenvalue weighted by Gasteiger charge is -2.35. The van der Waals surface area contributed by atoms with Crippen LogP contribution in [0.5, 0.6) is 0 Å². The van der Waals surface area contributed by atoms with E-state index in [9.17, 15) is 13.2 Å². The number of morpholine rings is 1. The number of hydrogen-bond acceptors (Lipinski definition) is 5. The van der Waals surface area contributed by atoms with Gasteiger partial charge in [0.05, 0.1) is 24.2 Å². The number of hydrogen-bond donors (Lipinski definition) is 0. The molecule has 1 fully saturated rings. The van der Waals surface area contributed by atoms with Gasteiger partial charge in [-0.25, -0.2) is 0 Å². The second kappa shape index (κ2) is 7.99. The molecule has 0 aromatic heterocycles. The zero-order valence-corrected chi connectivity index (χ0v) is 15.3. The average Bonchev–Trinajstić information content (AvgIpc) is 2.63. The van der Waals surface area contributed by atoms with E-state index in [-0.39, 0.29) is 30.6 Å². The molecule has 1 saturated heterocycles. The number of carbonyl (C=O) groups excluding carboxylic acids is 1. The molecule has 1 heterocycles. The van der Waals surface area contributed by atoms with Crippen LogP contribution >= 0.6 is 0 Å². The van der Waals surface area contributed by atoms with Crippen molar-refractivity contribution in [2.75, 3.05) is 19.8 Å². The van der Waals surface area contributed by atoms with Crippen LogP contribution in [0.25, 0.3) is 0 Å². The Bertz CT molecular complexity index is 849. The highest BCUT2D eigenvalue weighted by Gasteiger charge is 2.30. The van der Waals surface area contributed by atoms with Crippen LogP contribution in [0.15, 0.2) is 59.5 Å². The van der Waals surface area contributed by atoms with Gasteiger partial charge in [0.15, 0.2) is 0 Å². The Morgan fingerprint density at radius 1 is 1.12 bits per heavy atom. The van der Waals surface area contributed by atoms with E-state index in [0.29, 0.717) is 6.54 Å². The van der Waals surface area contributed by atoms with Crippen molar-refractivity contribution in [3.63, 3.8) is 0 Å². The molecule has 1 amide bonds. The molecule has 0 saturated carbocycles. The summed E-state index contributed by atoms with van der Waals surface area (Å²) in [6.45, 7) is 2.36. The number of aryl methyl sites for hydroxylation is 1. The van der Waals surface area contributed by atoms with Gasteiger partial charge in [-0.15, -0.1) is 0 Å². The smallest absolute Gasteiger partial charge is 0.297 e. The molecule has 1 atom stereocenters. The fraction of sp³-hybridized carbons (Fsp3) is 0.316. The Morgan fingerprint density at radius 2 is 1.81 bits per heavy atom. The third-order valence-corrected chi connectivity index (χ3v) is 5.51. The van der Waals surface area contributed by atoms with Crippen LogP contribution in [0.2, 0.25) is 0 Å². The van der Waals surface area contributed by atoms with Crippen molar-refractivity contribution in [3.05, 3.63) is 65.7 Å². The third-order valence-electron chi connectivity index (χ3n) is 4.22. The van der Waals surface area contributed by atoms with Gasteiger partial charge in [0.25, 0.3) is 10.1 Å². The molecule has 2 aromatic rings. The van der Waals surface area contributed by atoms with E-state index >= 15 is 0 Å². The van der Waals surface area contributed by atoms with Gasteiger partial charge in [0.1, 0.15) is 6.61 Å². The van der Waals surface area contributed by atoms with Crippen LogP contribution in [0.3, 0.4) is 0 Å². The van der Waals surface area contributed by atoms with Crippen LogP contribution in [-0.2, 0) is 30.4 Å². The van der Waals surface area contributed by atoms with Crippen molar-refractivity contribution >= 4 is 16.0 Å². The highest BCUT2D eigenvalue weighted by Crippen LogP contribution is 2.18.